The molecule has 0 aliphatic carbocycles. The molecule has 2 rings (SSSR count). The number of amides is 1. The van der Waals surface area contributed by atoms with Crippen molar-refractivity contribution in [3.05, 3.63) is 71.0 Å². The summed E-state index contributed by atoms with van der Waals surface area (Å²) >= 11 is 5.73. The van der Waals surface area contributed by atoms with E-state index in [-0.39, 0.29) is 5.82 Å². The van der Waals surface area contributed by atoms with Crippen LogP contribution in [0.1, 0.15) is 5.56 Å². The molecule has 0 atom stereocenters. The molecule has 0 saturated heterocycles. The number of hydrogen-bond donors (Lipinski definition) is 1. The van der Waals surface area contributed by atoms with E-state index in [9.17, 15) is 14.0 Å². The summed E-state index contributed by atoms with van der Waals surface area (Å²) in [6, 6.07) is 12.1. The molecule has 0 bridgehead atoms. The van der Waals surface area contributed by atoms with Crippen LogP contribution in [-0.4, -0.2) is 18.5 Å². The van der Waals surface area contributed by atoms with Crippen LogP contribution in [0.5, 0.6) is 0 Å². The van der Waals surface area contributed by atoms with Gasteiger partial charge in [0.1, 0.15) is 5.82 Å². The Morgan fingerprint density at radius 3 is 2.39 bits per heavy atom. The molecule has 23 heavy (non-hydrogen) atoms. The van der Waals surface area contributed by atoms with Crippen LogP contribution in [0.3, 0.4) is 0 Å². The predicted octanol–water partition coefficient (Wildman–Crippen LogP) is 3.67. The fourth-order valence-corrected chi connectivity index (χ4v) is 1.78. The van der Waals surface area contributed by atoms with Gasteiger partial charge in [-0.3, -0.25) is 4.79 Å². The van der Waals surface area contributed by atoms with Gasteiger partial charge in [0.05, 0.1) is 0 Å². The van der Waals surface area contributed by atoms with Gasteiger partial charge in [0.25, 0.3) is 5.91 Å². The molecule has 0 aliphatic rings. The van der Waals surface area contributed by atoms with E-state index in [2.05, 4.69) is 5.32 Å². The molecule has 0 heterocycles. The number of ether oxygens (including phenoxy) is 1. The van der Waals surface area contributed by atoms with E-state index in [1.165, 1.54) is 36.4 Å². The average molecular weight is 334 g/mol. The summed E-state index contributed by atoms with van der Waals surface area (Å²) in [4.78, 5) is 23.1. The number of benzene rings is 2. The van der Waals surface area contributed by atoms with Gasteiger partial charge in [0, 0.05) is 16.8 Å². The van der Waals surface area contributed by atoms with Crippen molar-refractivity contribution in [2.24, 2.45) is 0 Å². The number of nitrogens with one attached hydrogen (secondary N) is 1. The molecule has 6 heteroatoms. The third kappa shape index (κ3) is 5.92. The van der Waals surface area contributed by atoms with Crippen molar-refractivity contribution in [2.75, 3.05) is 11.9 Å². The lowest BCUT2D eigenvalue weighted by Crippen LogP contribution is -2.20. The van der Waals surface area contributed by atoms with E-state index < -0.39 is 18.5 Å². The number of anilines is 1. The Kier molecular flexibility index (Phi) is 5.88. The zero-order valence-electron chi connectivity index (χ0n) is 12.0. The lowest BCUT2D eigenvalue weighted by Gasteiger charge is -2.05. The Balaban J connectivity index is 1.78. The number of halogens is 2. The van der Waals surface area contributed by atoms with Crippen LogP contribution in [0, 0.1) is 5.82 Å². The molecule has 0 unspecified atom stereocenters. The Bertz CT molecular complexity index is 712. The lowest BCUT2D eigenvalue weighted by atomic mass is 10.2. The van der Waals surface area contributed by atoms with Crippen molar-refractivity contribution in [3.63, 3.8) is 0 Å². The number of rotatable bonds is 5. The van der Waals surface area contributed by atoms with E-state index in [0.717, 1.165) is 0 Å². The van der Waals surface area contributed by atoms with Gasteiger partial charge in [0.2, 0.25) is 0 Å². The Morgan fingerprint density at radius 2 is 1.74 bits per heavy atom. The summed E-state index contributed by atoms with van der Waals surface area (Å²) in [7, 11) is 0. The number of esters is 1. The third-order valence-corrected chi connectivity index (χ3v) is 3.01. The molecule has 4 nitrogen and oxygen atoms in total. The molecule has 0 spiro atoms. The second-order valence-electron chi connectivity index (χ2n) is 4.55. The molecule has 0 aliphatic heterocycles. The minimum absolute atomic E-state index is 0.358. The van der Waals surface area contributed by atoms with Gasteiger partial charge in [-0.2, -0.15) is 0 Å². The van der Waals surface area contributed by atoms with E-state index in [0.29, 0.717) is 16.3 Å². The summed E-state index contributed by atoms with van der Waals surface area (Å²) in [5.41, 5.74) is 1.20. The van der Waals surface area contributed by atoms with Crippen molar-refractivity contribution in [1.82, 2.24) is 0 Å². The summed E-state index contributed by atoms with van der Waals surface area (Å²) in [5.74, 6) is -1.49. The van der Waals surface area contributed by atoms with E-state index in [1.807, 2.05) is 0 Å². The number of carbonyl (C=O) groups excluding carboxylic acids is 2. The molecule has 0 saturated carbocycles. The second-order valence-corrected chi connectivity index (χ2v) is 4.98. The van der Waals surface area contributed by atoms with Crippen LogP contribution < -0.4 is 5.32 Å². The summed E-state index contributed by atoms with van der Waals surface area (Å²) in [6.45, 7) is -0.408. The van der Waals surface area contributed by atoms with Crippen LogP contribution in [0.25, 0.3) is 6.08 Å². The molecule has 0 fully saturated rings. The maximum absolute atomic E-state index is 12.7. The maximum atomic E-state index is 12.7. The first-order chi connectivity index (χ1) is 11.0. The molecule has 1 N–H and O–H groups in total. The molecule has 118 valence electrons. The first-order valence-electron chi connectivity index (χ1n) is 6.69. The normalized spacial score (nSPS) is 10.5. The molecule has 2 aromatic carbocycles. The quantitative estimate of drug-likeness (QED) is 0.671. The van der Waals surface area contributed by atoms with Crippen molar-refractivity contribution in [1.29, 1.82) is 0 Å². The van der Waals surface area contributed by atoms with Gasteiger partial charge in [-0.05, 0) is 48.0 Å². The zero-order valence-corrected chi connectivity index (χ0v) is 12.7. The monoisotopic (exact) mass is 333 g/mol. The Morgan fingerprint density at radius 1 is 1.09 bits per heavy atom. The number of hydrogen-bond acceptors (Lipinski definition) is 3. The standard InChI is InChI=1S/C17H13ClFNO3/c18-13-4-8-15(9-5-13)20-16(21)11-23-17(22)10-3-12-1-6-14(19)7-2-12/h1-10H,11H2,(H,20,21). The first-order valence-corrected chi connectivity index (χ1v) is 7.06. The molecule has 0 aromatic heterocycles. The minimum Gasteiger partial charge on any atom is -0.452 e. The highest BCUT2D eigenvalue weighted by molar-refractivity contribution is 6.30. The Labute approximate surface area is 137 Å². The zero-order chi connectivity index (χ0) is 16.7. The smallest absolute Gasteiger partial charge is 0.331 e. The van der Waals surface area contributed by atoms with Gasteiger partial charge in [0.15, 0.2) is 6.61 Å². The lowest BCUT2D eigenvalue weighted by molar-refractivity contribution is -0.142. The van der Waals surface area contributed by atoms with E-state index in [1.54, 1.807) is 24.3 Å². The van der Waals surface area contributed by atoms with Crippen molar-refractivity contribution in [3.8, 4) is 0 Å². The number of carbonyl (C=O) groups is 2. The summed E-state index contributed by atoms with van der Waals surface area (Å²) in [5, 5.41) is 3.12. The van der Waals surface area contributed by atoms with E-state index >= 15 is 0 Å². The van der Waals surface area contributed by atoms with Gasteiger partial charge in [-0.1, -0.05) is 23.7 Å². The van der Waals surface area contributed by atoms with Crippen LogP contribution in [0.15, 0.2) is 54.6 Å². The highest BCUT2D eigenvalue weighted by Crippen LogP contribution is 2.13. The van der Waals surface area contributed by atoms with Gasteiger partial charge < -0.3 is 10.1 Å². The molecular formula is C17H13ClFNO3. The van der Waals surface area contributed by atoms with Crippen LogP contribution in [0.4, 0.5) is 10.1 Å². The Hall–Kier alpha value is -2.66. The minimum atomic E-state index is -0.666. The second kappa shape index (κ2) is 8.10. The van der Waals surface area contributed by atoms with Crippen LogP contribution >= 0.6 is 11.6 Å². The fourth-order valence-electron chi connectivity index (χ4n) is 1.65. The van der Waals surface area contributed by atoms with Crippen molar-refractivity contribution in [2.45, 2.75) is 0 Å². The summed E-state index contributed by atoms with van der Waals surface area (Å²) < 4.78 is 17.5. The van der Waals surface area contributed by atoms with Gasteiger partial charge in [-0.25, -0.2) is 9.18 Å². The average Bonchev–Trinajstić information content (AvgIpc) is 2.54. The topological polar surface area (TPSA) is 55.4 Å². The largest absolute Gasteiger partial charge is 0.452 e. The summed E-state index contributed by atoms with van der Waals surface area (Å²) in [6.07, 6.45) is 2.64. The SMILES string of the molecule is O=C(COC(=O)C=Cc1ccc(F)cc1)Nc1ccc(Cl)cc1. The molecular weight excluding hydrogens is 321 g/mol. The van der Waals surface area contributed by atoms with E-state index in [4.69, 9.17) is 16.3 Å². The van der Waals surface area contributed by atoms with Crippen LogP contribution in [0.2, 0.25) is 5.02 Å². The molecule has 0 radical (unpaired) electrons. The molecule has 1 amide bonds. The highest BCUT2D eigenvalue weighted by atomic mass is 35.5. The molecule has 2 aromatic rings. The fraction of sp³-hybridized carbons (Fsp3) is 0.0588. The van der Waals surface area contributed by atoms with Crippen LogP contribution in [-0.2, 0) is 14.3 Å². The third-order valence-electron chi connectivity index (χ3n) is 2.76. The van der Waals surface area contributed by atoms with Crippen molar-refractivity contribution >= 4 is 35.2 Å². The van der Waals surface area contributed by atoms with Gasteiger partial charge >= 0.3 is 5.97 Å². The first kappa shape index (κ1) is 16.7. The van der Waals surface area contributed by atoms with Crippen molar-refractivity contribution < 1.29 is 18.7 Å². The maximum Gasteiger partial charge on any atom is 0.331 e. The predicted molar refractivity (Wildman–Crippen MR) is 86.5 cm³/mol. The van der Waals surface area contributed by atoms with Gasteiger partial charge in [-0.15, -0.1) is 0 Å². The highest BCUT2D eigenvalue weighted by Gasteiger charge is 2.05.